The number of fused-ring (bicyclic) bond motifs is 1. The molecule has 0 amide bonds. The highest BCUT2D eigenvalue weighted by molar-refractivity contribution is 7.99. The number of hydrogen-bond acceptors (Lipinski definition) is 6. The Hall–Kier alpha value is -3.61. The van der Waals surface area contributed by atoms with Crippen molar-refractivity contribution in [1.29, 1.82) is 0 Å². The number of nitrogens with zero attached hydrogens (tertiary/aromatic N) is 1. The second-order valence-corrected chi connectivity index (χ2v) is 11.6. The number of piperidine rings is 1. The third kappa shape index (κ3) is 6.57. The van der Waals surface area contributed by atoms with Crippen LogP contribution < -0.4 is 14.2 Å². The van der Waals surface area contributed by atoms with E-state index in [1.165, 1.54) is 32.4 Å². The second kappa shape index (κ2) is 12.7. The minimum Gasteiger partial charge on any atom is -0.508 e. The predicted molar refractivity (Wildman–Crippen MR) is 160 cm³/mol. The van der Waals surface area contributed by atoms with Crippen molar-refractivity contribution in [1.82, 2.24) is 4.90 Å². The molecule has 2 atom stereocenters. The van der Waals surface area contributed by atoms with Gasteiger partial charge in [-0.15, -0.1) is 11.8 Å². The van der Waals surface area contributed by atoms with Gasteiger partial charge >= 0.3 is 0 Å². The first-order chi connectivity index (χ1) is 19.7. The first-order valence-electron chi connectivity index (χ1n) is 14.1. The van der Waals surface area contributed by atoms with Gasteiger partial charge in [-0.3, -0.25) is 4.90 Å². The van der Waals surface area contributed by atoms with Gasteiger partial charge < -0.3 is 19.3 Å². The highest BCUT2D eigenvalue weighted by Gasteiger charge is 2.34. The average Bonchev–Trinajstić information content (AvgIpc) is 3.01. The molecule has 6 heteroatoms. The summed E-state index contributed by atoms with van der Waals surface area (Å²) in [6.07, 6.45) is 3.74. The Labute approximate surface area is 240 Å². The van der Waals surface area contributed by atoms with E-state index in [0.29, 0.717) is 13.2 Å². The van der Waals surface area contributed by atoms with Crippen LogP contribution in [0.15, 0.2) is 102 Å². The van der Waals surface area contributed by atoms with E-state index in [1.807, 2.05) is 54.6 Å². The molecule has 0 aromatic heterocycles. The normalized spacial score (nSPS) is 18.9. The van der Waals surface area contributed by atoms with Crippen molar-refractivity contribution in [3.8, 4) is 23.0 Å². The fourth-order valence-corrected chi connectivity index (χ4v) is 6.60. The minimum atomic E-state index is -0.194. The number of benzene rings is 4. The van der Waals surface area contributed by atoms with Crippen molar-refractivity contribution in [3.63, 3.8) is 0 Å². The van der Waals surface area contributed by atoms with Crippen LogP contribution in [0.4, 0.5) is 0 Å². The first-order valence-corrected chi connectivity index (χ1v) is 15.0. The molecule has 0 aliphatic carbocycles. The number of hydrogen-bond donors (Lipinski definition) is 1. The molecule has 40 heavy (non-hydrogen) atoms. The van der Waals surface area contributed by atoms with E-state index in [9.17, 15) is 5.11 Å². The van der Waals surface area contributed by atoms with Gasteiger partial charge in [0, 0.05) is 6.54 Å². The van der Waals surface area contributed by atoms with Gasteiger partial charge in [0.1, 0.15) is 42.3 Å². The number of phenols is 1. The fraction of sp³-hybridized carbons (Fsp3) is 0.294. The highest BCUT2D eigenvalue weighted by Crippen LogP contribution is 2.54. The maximum Gasteiger partial charge on any atom is 0.140 e. The number of thioether (sulfide) groups is 1. The summed E-state index contributed by atoms with van der Waals surface area (Å²) in [5.41, 5.74) is 3.31. The van der Waals surface area contributed by atoms with E-state index in [1.54, 1.807) is 23.9 Å². The van der Waals surface area contributed by atoms with E-state index < -0.39 is 0 Å². The summed E-state index contributed by atoms with van der Waals surface area (Å²) in [6.45, 7) is 4.55. The molecular weight excluding hydrogens is 518 g/mol. The lowest BCUT2D eigenvalue weighted by Gasteiger charge is -2.34. The summed E-state index contributed by atoms with van der Waals surface area (Å²) >= 11 is 1.77. The molecule has 0 unspecified atom stereocenters. The zero-order valence-electron chi connectivity index (χ0n) is 22.6. The maximum atomic E-state index is 9.90. The predicted octanol–water partition coefficient (Wildman–Crippen LogP) is 7.80. The molecule has 0 bridgehead atoms. The molecule has 4 aromatic rings. The van der Waals surface area contributed by atoms with Crippen LogP contribution >= 0.6 is 11.8 Å². The van der Waals surface area contributed by atoms with Gasteiger partial charge in [0.2, 0.25) is 0 Å². The average molecular weight is 554 g/mol. The van der Waals surface area contributed by atoms with Gasteiger partial charge in [-0.2, -0.15) is 0 Å². The number of phenolic OH excluding ortho intramolecular Hbond substituents is 1. The largest absolute Gasteiger partial charge is 0.508 e. The molecule has 0 radical (unpaired) electrons. The summed E-state index contributed by atoms with van der Waals surface area (Å²) in [4.78, 5) is 3.53. The highest BCUT2D eigenvalue weighted by atomic mass is 32.2. The lowest BCUT2D eigenvalue weighted by atomic mass is 10.00. The van der Waals surface area contributed by atoms with Crippen LogP contribution in [0.5, 0.6) is 23.0 Å². The standard InChI is InChI=1S/C34H35NO4S/c36-28-13-9-27(10-14-28)34-33(26-11-15-29(16-12-26)37-22-21-35-19-5-2-6-20-35)39-31-18-17-30(23-32(31)40-34)38-24-25-7-3-1-4-8-25/h1,3-4,7-18,23,33-34,36H,2,5-6,19-22,24H2/t33-,34+/m0/s1. The Kier molecular flexibility index (Phi) is 8.45. The fourth-order valence-electron chi connectivity index (χ4n) is 5.28. The van der Waals surface area contributed by atoms with Gasteiger partial charge in [0.15, 0.2) is 0 Å². The Balaban J connectivity index is 1.18. The zero-order valence-corrected chi connectivity index (χ0v) is 23.4. The lowest BCUT2D eigenvalue weighted by Crippen LogP contribution is -2.33. The van der Waals surface area contributed by atoms with Crippen molar-refractivity contribution in [2.45, 2.75) is 42.1 Å². The molecule has 2 aliphatic rings. The maximum absolute atomic E-state index is 9.90. The van der Waals surface area contributed by atoms with Crippen LogP contribution in [0.1, 0.15) is 47.3 Å². The van der Waals surface area contributed by atoms with E-state index in [2.05, 4.69) is 35.2 Å². The second-order valence-electron chi connectivity index (χ2n) is 10.4. The Morgan fingerprint density at radius 2 is 1.50 bits per heavy atom. The van der Waals surface area contributed by atoms with Gasteiger partial charge in [-0.1, -0.05) is 61.0 Å². The SMILES string of the molecule is Oc1ccc([C@H]2Sc3cc(OCc4ccccc4)ccc3O[C@H]2c2ccc(OCCN3CCCCC3)cc2)cc1. The van der Waals surface area contributed by atoms with Gasteiger partial charge in [0.05, 0.1) is 10.1 Å². The molecular formula is C34H35NO4S. The Morgan fingerprint density at radius 1 is 0.775 bits per heavy atom. The number of rotatable bonds is 9. The zero-order chi connectivity index (χ0) is 27.1. The monoisotopic (exact) mass is 553 g/mol. The van der Waals surface area contributed by atoms with Crippen molar-refractivity contribution in [2.75, 3.05) is 26.2 Å². The Morgan fingerprint density at radius 3 is 2.27 bits per heavy atom. The van der Waals surface area contributed by atoms with Crippen LogP contribution in [0.2, 0.25) is 0 Å². The van der Waals surface area contributed by atoms with E-state index in [0.717, 1.165) is 45.4 Å². The van der Waals surface area contributed by atoms with Crippen molar-refractivity contribution in [3.05, 3.63) is 114 Å². The van der Waals surface area contributed by atoms with E-state index >= 15 is 0 Å². The molecule has 0 saturated carbocycles. The van der Waals surface area contributed by atoms with Crippen LogP contribution in [0.3, 0.4) is 0 Å². The van der Waals surface area contributed by atoms with E-state index in [4.69, 9.17) is 14.2 Å². The van der Waals surface area contributed by atoms with Gasteiger partial charge in [-0.05, 0) is 85.1 Å². The Bertz CT molecular complexity index is 1370. The van der Waals surface area contributed by atoms with E-state index in [-0.39, 0.29) is 17.1 Å². The first kappa shape index (κ1) is 26.6. The van der Waals surface area contributed by atoms with Crippen molar-refractivity contribution >= 4 is 11.8 Å². The minimum absolute atomic E-state index is 0.00310. The molecule has 5 nitrogen and oxygen atoms in total. The van der Waals surface area contributed by atoms with Crippen molar-refractivity contribution < 1.29 is 19.3 Å². The molecule has 206 valence electrons. The van der Waals surface area contributed by atoms with Crippen LogP contribution in [-0.2, 0) is 6.61 Å². The number of aromatic hydroxyl groups is 1. The summed E-state index contributed by atoms with van der Waals surface area (Å²) in [6, 6.07) is 31.9. The molecule has 0 spiro atoms. The topological polar surface area (TPSA) is 51.2 Å². The third-order valence-electron chi connectivity index (χ3n) is 7.50. The summed E-state index contributed by atoms with van der Waals surface area (Å²) < 4.78 is 18.8. The summed E-state index contributed by atoms with van der Waals surface area (Å²) in [5.74, 6) is 2.79. The molecule has 1 fully saturated rings. The molecule has 4 aromatic carbocycles. The molecule has 2 heterocycles. The van der Waals surface area contributed by atoms with Gasteiger partial charge in [-0.25, -0.2) is 0 Å². The molecule has 2 aliphatic heterocycles. The van der Waals surface area contributed by atoms with Crippen LogP contribution in [0, 0.1) is 0 Å². The summed E-state index contributed by atoms with van der Waals surface area (Å²) in [5, 5.41) is 9.90. The molecule has 1 saturated heterocycles. The van der Waals surface area contributed by atoms with Gasteiger partial charge in [0.25, 0.3) is 0 Å². The van der Waals surface area contributed by atoms with Crippen molar-refractivity contribution in [2.24, 2.45) is 0 Å². The third-order valence-corrected chi connectivity index (χ3v) is 8.85. The quantitative estimate of drug-likeness (QED) is 0.228. The number of ether oxygens (including phenoxy) is 3. The molecule has 6 rings (SSSR count). The number of likely N-dealkylation sites (tertiary alicyclic amines) is 1. The summed E-state index contributed by atoms with van der Waals surface area (Å²) in [7, 11) is 0. The molecule has 1 N–H and O–H groups in total. The van der Waals surface area contributed by atoms with Crippen LogP contribution in [-0.4, -0.2) is 36.2 Å². The lowest BCUT2D eigenvalue weighted by molar-refractivity contribution is 0.182. The van der Waals surface area contributed by atoms with Crippen LogP contribution in [0.25, 0.3) is 0 Å². The smallest absolute Gasteiger partial charge is 0.140 e.